The second kappa shape index (κ2) is 7.48. The van der Waals surface area contributed by atoms with E-state index in [0.29, 0.717) is 22.5 Å². The molecule has 7 nitrogen and oxygen atoms in total. The van der Waals surface area contributed by atoms with Crippen LogP contribution in [0.1, 0.15) is 5.56 Å². The first-order valence-electron chi connectivity index (χ1n) is 8.82. The molecule has 0 bridgehead atoms. The first-order chi connectivity index (χ1) is 14.0. The van der Waals surface area contributed by atoms with Crippen LogP contribution >= 0.6 is 0 Å². The van der Waals surface area contributed by atoms with Gasteiger partial charge in [0.05, 0.1) is 17.7 Å². The third kappa shape index (κ3) is 3.62. The number of nitrogens with zero attached hydrogens (tertiary/aromatic N) is 3. The van der Waals surface area contributed by atoms with E-state index in [2.05, 4.69) is 19.7 Å². The number of ether oxygens (including phenoxy) is 1. The smallest absolute Gasteiger partial charge is 0.263 e. The normalized spacial score (nSPS) is 11.4. The van der Waals surface area contributed by atoms with Crippen molar-refractivity contribution in [2.45, 2.75) is 11.8 Å². The molecule has 0 aliphatic heterocycles. The molecule has 0 aliphatic rings. The summed E-state index contributed by atoms with van der Waals surface area (Å²) in [4.78, 5) is 12.9. The van der Waals surface area contributed by atoms with Crippen molar-refractivity contribution >= 4 is 26.7 Å². The van der Waals surface area contributed by atoms with Crippen molar-refractivity contribution in [3.8, 4) is 17.0 Å². The molecule has 0 amide bonds. The minimum absolute atomic E-state index is 0.0786. The van der Waals surface area contributed by atoms with Gasteiger partial charge in [-0.3, -0.25) is 14.7 Å². The number of hydrogen-bond acceptors (Lipinski definition) is 6. The van der Waals surface area contributed by atoms with Crippen LogP contribution in [0.15, 0.2) is 72.0 Å². The molecule has 0 unspecified atom stereocenters. The van der Waals surface area contributed by atoms with Crippen LogP contribution in [0, 0.1) is 6.92 Å². The van der Waals surface area contributed by atoms with E-state index in [9.17, 15) is 8.42 Å². The Hall–Kier alpha value is -3.52. The van der Waals surface area contributed by atoms with Crippen LogP contribution in [-0.4, -0.2) is 30.5 Å². The standard InChI is InChI=1S/C21H18N4O3S/c1-14-5-3-10-22-19(14)17-13-16(28-2)7-8-18(17)29(26,27)25-21-20-15(9-12-24-21)6-4-11-23-20/h3-13H,1-2H3,(H,24,25). The largest absolute Gasteiger partial charge is 0.497 e. The average molecular weight is 406 g/mol. The van der Waals surface area contributed by atoms with Gasteiger partial charge in [0.2, 0.25) is 0 Å². The number of nitrogens with one attached hydrogen (secondary N) is 1. The highest BCUT2D eigenvalue weighted by Crippen LogP contribution is 2.33. The molecule has 0 saturated heterocycles. The van der Waals surface area contributed by atoms with Crippen molar-refractivity contribution in [1.29, 1.82) is 0 Å². The molecule has 0 saturated carbocycles. The highest BCUT2D eigenvalue weighted by atomic mass is 32.2. The Morgan fingerprint density at radius 2 is 1.72 bits per heavy atom. The number of sulfonamides is 1. The number of anilines is 1. The predicted molar refractivity (Wildman–Crippen MR) is 111 cm³/mol. The van der Waals surface area contributed by atoms with E-state index in [1.165, 1.54) is 13.2 Å². The molecule has 3 heterocycles. The maximum Gasteiger partial charge on any atom is 0.263 e. The van der Waals surface area contributed by atoms with Gasteiger partial charge in [-0.05, 0) is 48.9 Å². The molecule has 0 radical (unpaired) electrons. The van der Waals surface area contributed by atoms with E-state index in [1.54, 1.807) is 48.9 Å². The summed E-state index contributed by atoms with van der Waals surface area (Å²) < 4.78 is 34.5. The second-order valence-corrected chi connectivity index (χ2v) is 8.02. The molecule has 146 valence electrons. The van der Waals surface area contributed by atoms with Crippen LogP contribution in [0.2, 0.25) is 0 Å². The van der Waals surface area contributed by atoms with Gasteiger partial charge < -0.3 is 4.74 Å². The molecule has 29 heavy (non-hydrogen) atoms. The first kappa shape index (κ1) is 18.8. The minimum Gasteiger partial charge on any atom is -0.497 e. The van der Waals surface area contributed by atoms with E-state index in [-0.39, 0.29) is 10.7 Å². The molecule has 0 aliphatic carbocycles. The number of benzene rings is 1. The second-order valence-electron chi connectivity index (χ2n) is 6.37. The van der Waals surface area contributed by atoms with Crippen molar-refractivity contribution in [2.75, 3.05) is 11.8 Å². The monoisotopic (exact) mass is 406 g/mol. The summed E-state index contributed by atoms with van der Waals surface area (Å²) in [5.41, 5.74) is 2.34. The number of methoxy groups -OCH3 is 1. The highest BCUT2D eigenvalue weighted by molar-refractivity contribution is 7.92. The van der Waals surface area contributed by atoms with Crippen molar-refractivity contribution in [3.05, 3.63) is 72.7 Å². The molecule has 0 fully saturated rings. The maximum atomic E-state index is 13.3. The SMILES string of the molecule is COc1ccc(S(=O)(=O)Nc2nccc3cccnc23)c(-c2ncccc2C)c1. The van der Waals surface area contributed by atoms with E-state index in [4.69, 9.17) is 4.74 Å². The van der Waals surface area contributed by atoms with E-state index in [0.717, 1.165) is 10.9 Å². The highest BCUT2D eigenvalue weighted by Gasteiger charge is 2.23. The Labute approximate surface area is 168 Å². The molecule has 0 atom stereocenters. The van der Waals surface area contributed by atoms with Gasteiger partial charge in [0.25, 0.3) is 10.0 Å². The van der Waals surface area contributed by atoms with Gasteiger partial charge in [0, 0.05) is 29.5 Å². The van der Waals surface area contributed by atoms with Crippen LogP contribution in [-0.2, 0) is 10.0 Å². The molecule has 3 aromatic heterocycles. The van der Waals surface area contributed by atoms with Gasteiger partial charge in [-0.1, -0.05) is 12.1 Å². The van der Waals surface area contributed by atoms with Crippen LogP contribution in [0.5, 0.6) is 5.75 Å². The van der Waals surface area contributed by atoms with Crippen LogP contribution in [0.3, 0.4) is 0 Å². The lowest BCUT2D eigenvalue weighted by Gasteiger charge is -2.15. The van der Waals surface area contributed by atoms with Gasteiger partial charge in [0.1, 0.15) is 11.3 Å². The zero-order chi connectivity index (χ0) is 20.4. The predicted octanol–water partition coefficient (Wildman–Crippen LogP) is 3.81. The number of hydrogen-bond donors (Lipinski definition) is 1. The fraction of sp³-hybridized carbons (Fsp3) is 0.0952. The van der Waals surface area contributed by atoms with E-state index < -0.39 is 10.0 Å². The molecule has 4 aromatic rings. The molecule has 1 N–H and O–H groups in total. The summed E-state index contributed by atoms with van der Waals surface area (Å²) in [6.45, 7) is 1.88. The lowest BCUT2D eigenvalue weighted by atomic mass is 10.1. The van der Waals surface area contributed by atoms with Gasteiger partial charge in [-0.15, -0.1) is 0 Å². The number of fused-ring (bicyclic) bond motifs is 1. The van der Waals surface area contributed by atoms with Gasteiger partial charge in [-0.2, -0.15) is 0 Å². The molecular formula is C21H18N4O3S. The summed E-state index contributed by atoms with van der Waals surface area (Å²) in [5, 5.41) is 0.788. The van der Waals surface area contributed by atoms with E-state index >= 15 is 0 Å². The van der Waals surface area contributed by atoms with Gasteiger partial charge >= 0.3 is 0 Å². The van der Waals surface area contributed by atoms with Crippen LogP contribution in [0.25, 0.3) is 22.2 Å². The summed E-state index contributed by atoms with van der Waals surface area (Å²) >= 11 is 0. The Kier molecular flexibility index (Phi) is 4.85. The fourth-order valence-electron chi connectivity index (χ4n) is 3.08. The quantitative estimate of drug-likeness (QED) is 0.542. The van der Waals surface area contributed by atoms with Gasteiger partial charge in [0.15, 0.2) is 5.82 Å². The summed E-state index contributed by atoms with van der Waals surface area (Å²) in [6.07, 6.45) is 4.76. The van der Waals surface area contributed by atoms with Crippen molar-refractivity contribution in [3.63, 3.8) is 0 Å². The Bertz CT molecular complexity index is 1300. The lowest BCUT2D eigenvalue weighted by Crippen LogP contribution is -2.16. The van der Waals surface area contributed by atoms with Crippen molar-refractivity contribution in [1.82, 2.24) is 15.0 Å². The molecule has 0 spiro atoms. The summed E-state index contributed by atoms with van der Waals surface area (Å²) in [7, 11) is -2.44. The van der Waals surface area contributed by atoms with Crippen LogP contribution < -0.4 is 9.46 Å². The van der Waals surface area contributed by atoms with E-state index in [1.807, 2.05) is 19.1 Å². The molecule has 4 rings (SSSR count). The minimum atomic E-state index is -3.97. The third-order valence-electron chi connectivity index (χ3n) is 4.49. The first-order valence-corrected chi connectivity index (χ1v) is 10.3. The van der Waals surface area contributed by atoms with Crippen molar-refractivity contribution in [2.24, 2.45) is 0 Å². The lowest BCUT2D eigenvalue weighted by molar-refractivity contribution is 0.414. The summed E-state index contributed by atoms with van der Waals surface area (Å²) in [6, 6.07) is 13.9. The zero-order valence-corrected chi connectivity index (χ0v) is 16.6. The summed E-state index contributed by atoms with van der Waals surface area (Å²) in [5.74, 6) is 0.705. The van der Waals surface area contributed by atoms with Crippen molar-refractivity contribution < 1.29 is 13.2 Å². The van der Waals surface area contributed by atoms with Crippen LogP contribution in [0.4, 0.5) is 5.82 Å². The number of pyridine rings is 3. The topological polar surface area (TPSA) is 94.1 Å². The Morgan fingerprint density at radius 1 is 0.931 bits per heavy atom. The van der Waals surface area contributed by atoms with Gasteiger partial charge in [-0.25, -0.2) is 13.4 Å². The zero-order valence-electron chi connectivity index (χ0n) is 15.8. The molecule has 8 heteroatoms. The molecular weight excluding hydrogens is 388 g/mol. The number of aryl methyl sites for hydroxylation is 1. The molecule has 1 aromatic carbocycles. The Morgan fingerprint density at radius 3 is 2.52 bits per heavy atom. The number of aromatic nitrogens is 3. The maximum absolute atomic E-state index is 13.3. The average Bonchev–Trinajstić information content (AvgIpc) is 2.74. The fourth-order valence-corrected chi connectivity index (χ4v) is 4.29. The Balaban J connectivity index is 1.86. The number of rotatable bonds is 5. The third-order valence-corrected chi connectivity index (χ3v) is 5.89.